The van der Waals surface area contributed by atoms with Crippen LogP contribution in [0.2, 0.25) is 5.02 Å². The van der Waals surface area contributed by atoms with Crippen LogP contribution in [-0.4, -0.2) is 16.9 Å². The fourth-order valence-corrected chi connectivity index (χ4v) is 3.21. The van der Waals surface area contributed by atoms with Gasteiger partial charge in [0.05, 0.1) is 5.56 Å². The summed E-state index contributed by atoms with van der Waals surface area (Å²) in [6.07, 6.45) is 3.87. The highest BCUT2D eigenvalue weighted by molar-refractivity contribution is 7.98. The number of benzene rings is 1. The number of halogens is 1. The van der Waals surface area contributed by atoms with Crippen molar-refractivity contribution in [2.24, 2.45) is 0 Å². The van der Waals surface area contributed by atoms with Crippen molar-refractivity contribution < 1.29 is 4.79 Å². The van der Waals surface area contributed by atoms with Crippen LogP contribution >= 0.6 is 23.4 Å². The van der Waals surface area contributed by atoms with E-state index in [0.717, 1.165) is 28.5 Å². The highest BCUT2D eigenvalue weighted by Gasteiger charge is 2.25. The van der Waals surface area contributed by atoms with E-state index in [4.69, 9.17) is 11.6 Å². The van der Waals surface area contributed by atoms with Gasteiger partial charge in [-0.2, -0.15) is 0 Å². The molecule has 1 amide bonds. The summed E-state index contributed by atoms with van der Waals surface area (Å²) < 4.78 is 0. The second kappa shape index (κ2) is 6.50. The lowest BCUT2D eigenvalue weighted by Crippen LogP contribution is -2.26. The van der Waals surface area contributed by atoms with Crippen LogP contribution in [0.15, 0.2) is 47.6 Å². The summed E-state index contributed by atoms with van der Waals surface area (Å²) in [5.74, 6) is 0.660. The molecule has 108 valence electrons. The third-order valence-electron chi connectivity index (χ3n) is 3.25. The lowest BCUT2D eigenvalue weighted by molar-refractivity contribution is 0.0947. The van der Waals surface area contributed by atoms with Gasteiger partial charge in [-0.25, -0.2) is 4.98 Å². The molecule has 0 radical (unpaired) electrons. The number of thioether (sulfide) groups is 1. The number of pyridine rings is 1. The Morgan fingerprint density at radius 2 is 2.10 bits per heavy atom. The molecule has 5 heteroatoms. The van der Waals surface area contributed by atoms with E-state index in [0.29, 0.717) is 17.4 Å². The molecular formula is C16H15ClN2OS. The minimum atomic E-state index is -0.0349. The van der Waals surface area contributed by atoms with Gasteiger partial charge in [-0.1, -0.05) is 29.8 Å². The number of rotatable bonds is 5. The van der Waals surface area contributed by atoms with E-state index < -0.39 is 0 Å². The molecular weight excluding hydrogens is 304 g/mol. The molecule has 1 heterocycles. The number of nitrogens with zero attached hydrogens (tertiary/aromatic N) is 1. The van der Waals surface area contributed by atoms with Crippen LogP contribution in [0.25, 0.3) is 0 Å². The fourth-order valence-electron chi connectivity index (χ4n) is 1.93. The minimum Gasteiger partial charge on any atom is -0.349 e. The lowest BCUT2D eigenvalue weighted by atomic mass is 10.2. The van der Waals surface area contributed by atoms with Crippen molar-refractivity contribution in [1.29, 1.82) is 0 Å². The quantitative estimate of drug-likeness (QED) is 0.850. The van der Waals surface area contributed by atoms with E-state index in [-0.39, 0.29) is 5.91 Å². The number of nitrogens with one attached hydrogen (secondary N) is 1. The Morgan fingerprint density at radius 3 is 2.86 bits per heavy atom. The molecule has 1 N–H and O–H groups in total. The number of amides is 1. The van der Waals surface area contributed by atoms with E-state index in [1.165, 1.54) is 11.8 Å². The van der Waals surface area contributed by atoms with Gasteiger partial charge in [-0.3, -0.25) is 4.79 Å². The molecule has 1 fully saturated rings. The maximum Gasteiger partial charge on any atom is 0.254 e. The van der Waals surface area contributed by atoms with E-state index >= 15 is 0 Å². The third-order valence-corrected chi connectivity index (χ3v) is 4.67. The van der Waals surface area contributed by atoms with Crippen LogP contribution in [0.4, 0.5) is 0 Å². The van der Waals surface area contributed by atoms with Crippen LogP contribution in [0.1, 0.15) is 28.8 Å². The first kappa shape index (κ1) is 14.4. The van der Waals surface area contributed by atoms with Crippen molar-refractivity contribution in [2.45, 2.75) is 29.7 Å². The van der Waals surface area contributed by atoms with Crippen molar-refractivity contribution in [1.82, 2.24) is 10.3 Å². The van der Waals surface area contributed by atoms with Crippen molar-refractivity contribution in [2.75, 3.05) is 0 Å². The molecule has 3 rings (SSSR count). The summed E-state index contributed by atoms with van der Waals surface area (Å²) in [4.78, 5) is 16.5. The largest absolute Gasteiger partial charge is 0.349 e. The van der Waals surface area contributed by atoms with Crippen LogP contribution in [0.3, 0.4) is 0 Å². The molecule has 1 saturated carbocycles. The molecule has 2 aromatic rings. The van der Waals surface area contributed by atoms with E-state index in [9.17, 15) is 4.79 Å². The van der Waals surface area contributed by atoms with Gasteiger partial charge in [0.2, 0.25) is 0 Å². The Morgan fingerprint density at radius 1 is 1.29 bits per heavy atom. The predicted molar refractivity (Wildman–Crippen MR) is 85.7 cm³/mol. The van der Waals surface area contributed by atoms with Gasteiger partial charge in [0.25, 0.3) is 5.91 Å². The fraction of sp³-hybridized carbons (Fsp3) is 0.250. The second-order valence-electron chi connectivity index (χ2n) is 4.98. The van der Waals surface area contributed by atoms with Crippen molar-refractivity contribution in [3.8, 4) is 0 Å². The maximum atomic E-state index is 12.2. The van der Waals surface area contributed by atoms with Gasteiger partial charge in [0, 0.05) is 23.0 Å². The first-order chi connectivity index (χ1) is 10.2. The van der Waals surface area contributed by atoms with Crippen LogP contribution in [0, 0.1) is 0 Å². The number of carbonyl (C=O) groups is 1. The van der Waals surface area contributed by atoms with Crippen molar-refractivity contribution in [3.05, 3.63) is 58.7 Å². The smallest absolute Gasteiger partial charge is 0.254 e. The molecule has 21 heavy (non-hydrogen) atoms. The Bertz CT molecular complexity index is 658. The van der Waals surface area contributed by atoms with Gasteiger partial charge in [0.1, 0.15) is 5.03 Å². The molecule has 0 spiro atoms. The Kier molecular flexibility index (Phi) is 4.46. The van der Waals surface area contributed by atoms with E-state index in [1.807, 2.05) is 30.3 Å². The second-order valence-corrected chi connectivity index (χ2v) is 6.36. The SMILES string of the molecule is O=C(NC1CC1)c1cccnc1SCc1ccccc1Cl. The molecule has 0 unspecified atom stereocenters. The van der Waals surface area contributed by atoms with Gasteiger partial charge in [0.15, 0.2) is 0 Å². The van der Waals surface area contributed by atoms with Crippen LogP contribution in [-0.2, 0) is 5.75 Å². The van der Waals surface area contributed by atoms with Crippen LogP contribution in [0.5, 0.6) is 0 Å². The average Bonchev–Trinajstić information content (AvgIpc) is 3.31. The van der Waals surface area contributed by atoms with Gasteiger partial charge in [-0.05, 0) is 36.6 Å². The van der Waals surface area contributed by atoms with Gasteiger partial charge in [-0.15, -0.1) is 11.8 Å². The number of hydrogen-bond donors (Lipinski definition) is 1. The zero-order chi connectivity index (χ0) is 14.7. The van der Waals surface area contributed by atoms with Gasteiger partial charge < -0.3 is 5.32 Å². The summed E-state index contributed by atoms with van der Waals surface area (Å²) in [5, 5.41) is 4.49. The molecule has 3 nitrogen and oxygen atoms in total. The summed E-state index contributed by atoms with van der Waals surface area (Å²) in [7, 11) is 0. The normalized spacial score (nSPS) is 14.0. The summed E-state index contributed by atoms with van der Waals surface area (Å²) in [6, 6.07) is 11.7. The maximum absolute atomic E-state index is 12.2. The monoisotopic (exact) mass is 318 g/mol. The number of aromatic nitrogens is 1. The summed E-state index contributed by atoms with van der Waals surface area (Å²) in [6.45, 7) is 0. The first-order valence-electron chi connectivity index (χ1n) is 6.86. The standard InChI is InChI=1S/C16H15ClN2OS/c17-14-6-2-1-4-11(14)10-21-16-13(5-3-9-18-16)15(20)19-12-7-8-12/h1-6,9,12H,7-8,10H2,(H,19,20). The topological polar surface area (TPSA) is 42.0 Å². The Labute approximate surface area is 133 Å². The zero-order valence-electron chi connectivity index (χ0n) is 11.4. The average molecular weight is 319 g/mol. The lowest BCUT2D eigenvalue weighted by Gasteiger charge is -2.09. The molecule has 1 aromatic heterocycles. The Balaban J connectivity index is 1.73. The zero-order valence-corrected chi connectivity index (χ0v) is 13.0. The third kappa shape index (κ3) is 3.77. The van der Waals surface area contributed by atoms with E-state index in [1.54, 1.807) is 12.3 Å². The highest BCUT2D eigenvalue weighted by Crippen LogP contribution is 2.28. The molecule has 1 aliphatic rings. The molecule has 0 aliphatic heterocycles. The molecule has 0 bridgehead atoms. The molecule has 1 aliphatic carbocycles. The van der Waals surface area contributed by atoms with Gasteiger partial charge >= 0.3 is 0 Å². The molecule has 0 saturated heterocycles. The molecule has 1 aromatic carbocycles. The number of hydrogen-bond acceptors (Lipinski definition) is 3. The van der Waals surface area contributed by atoms with Crippen LogP contribution < -0.4 is 5.32 Å². The highest BCUT2D eigenvalue weighted by atomic mass is 35.5. The first-order valence-corrected chi connectivity index (χ1v) is 8.22. The minimum absolute atomic E-state index is 0.0349. The van der Waals surface area contributed by atoms with E-state index in [2.05, 4.69) is 10.3 Å². The predicted octanol–water partition coefficient (Wildman–Crippen LogP) is 3.92. The summed E-state index contributed by atoms with van der Waals surface area (Å²) >= 11 is 7.69. The molecule has 0 atom stereocenters. The Hall–Kier alpha value is -1.52. The van der Waals surface area contributed by atoms with Crippen molar-refractivity contribution >= 4 is 29.3 Å². The van der Waals surface area contributed by atoms with Crippen molar-refractivity contribution in [3.63, 3.8) is 0 Å². The number of carbonyl (C=O) groups excluding carboxylic acids is 1. The summed E-state index contributed by atoms with van der Waals surface area (Å²) in [5.41, 5.74) is 1.69.